The van der Waals surface area contributed by atoms with E-state index in [2.05, 4.69) is 4.98 Å². The highest BCUT2D eigenvalue weighted by Gasteiger charge is 1.86. The molecule has 0 aliphatic heterocycles. The third-order valence-corrected chi connectivity index (χ3v) is 1.56. The van der Waals surface area contributed by atoms with Crippen LogP contribution in [0.25, 0.3) is 6.08 Å². The van der Waals surface area contributed by atoms with E-state index in [0.717, 1.165) is 11.8 Å². The second-order valence-corrected chi connectivity index (χ2v) is 2.68. The molecule has 0 atom stereocenters. The number of hydrogen-bond donors (Lipinski definition) is 0. The Kier molecular flexibility index (Phi) is 3.93. The largest absolute Gasteiger partial charge is 0.299 e. The number of pyridine rings is 1. The predicted molar refractivity (Wildman–Crippen MR) is 53.5 cm³/mol. The second-order valence-electron chi connectivity index (χ2n) is 2.29. The highest BCUT2D eigenvalue weighted by atomic mass is 35.5. The van der Waals surface area contributed by atoms with Gasteiger partial charge in [-0.25, -0.2) is 4.98 Å². The normalized spacial score (nSPS) is 11.2. The Morgan fingerprint density at radius 2 is 2.08 bits per heavy atom. The highest BCUT2D eigenvalue weighted by Crippen LogP contribution is 2.06. The summed E-state index contributed by atoms with van der Waals surface area (Å²) in [6.45, 7) is 0. The number of aromatic nitrogens is 1. The summed E-state index contributed by atoms with van der Waals surface area (Å²) in [6.07, 6.45) is 9.06. The summed E-state index contributed by atoms with van der Waals surface area (Å²) in [5.74, 6) is 0. The van der Waals surface area contributed by atoms with Crippen LogP contribution in [0.4, 0.5) is 0 Å². The van der Waals surface area contributed by atoms with Crippen LogP contribution in [-0.4, -0.2) is 11.3 Å². The van der Waals surface area contributed by atoms with Crippen molar-refractivity contribution in [2.24, 2.45) is 0 Å². The highest BCUT2D eigenvalue weighted by molar-refractivity contribution is 6.29. The van der Waals surface area contributed by atoms with E-state index in [1.807, 2.05) is 12.1 Å². The van der Waals surface area contributed by atoms with Crippen LogP contribution >= 0.6 is 11.6 Å². The van der Waals surface area contributed by atoms with Crippen molar-refractivity contribution in [3.63, 3.8) is 0 Å². The molecule has 0 saturated heterocycles. The van der Waals surface area contributed by atoms with E-state index >= 15 is 0 Å². The minimum absolute atomic E-state index is 0.473. The van der Waals surface area contributed by atoms with E-state index in [1.54, 1.807) is 24.4 Å². The van der Waals surface area contributed by atoms with E-state index < -0.39 is 0 Å². The minimum atomic E-state index is 0.473. The monoisotopic (exact) mass is 193 g/mol. The molecule has 0 N–H and O–H groups in total. The van der Waals surface area contributed by atoms with Gasteiger partial charge >= 0.3 is 0 Å². The van der Waals surface area contributed by atoms with Gasteiger partial charge in [0.25, 0.3) is 0 Å². The summed E-state index contributed by atoms with van der Waals surface area (Å²) >= 11 is 5.60. The summed E-state index contributed by atoms with van der Waals surface area (Å²) in [4.78, 5) is 13.8. The zero-order valence-electron chi connectivity index (χ0n) is 6.85. The topological polar surface area (TPSA) is 30.0 Å². The van der Waals surface area contributed by atoms with Gasteiger partial charge in [0.1, 0.15) is 11.4 Å². The number of halogens is 1. The van der Waals surface area contributed by atoms with Crippen LogP contribution in [0.1, 0.15) is 5.56 Å². The Hall–Kier alpha value is -1.41. The van der Waals surface area contributed by atoms with Gasteiger partial charge < -0.3 is 0 Å². The lowest BCUT2D eigenvalue weighted by molar-refractivity contribution is -0.104. The Labute approximate surface area is 81.6 Å². The lowest BCUT2D eigenvalue weighted by atomic mass is 10.2. The van der Waals surface area contributed by atoms with Gasteiger partial charge in [0.05, 0.1) is 0 Å². The molecule has 2 nitrogen and oxygen atoms in total. The smallest absolute Gasteiger partial charge is 0.142 e. The van der Waals surface area contributed by atoms with Crippen molar-refractivity contribution >= 4 is 24.0 Å². The molecular weight excluding hydrogens is 186 g/mol. The summed E-state index contributed by atoms with van der Waals surface area (Å²) < 4.78 is 0. The predicted octanol–water partition coefficient (Wildman–Crippen LogP) is 2.50. The summed E-state index contributed by atoms with van der Waals surface area (Å²) in [5.41, 5.74) is 0.944. The van der Waals surface area contributed by atoms with Gasteiger partial charge in [-0.2, -0.15) is 0 Å². The molecular formula is C10H8ClNO. The molecule has 13 heavy (non-hydrogen) atoms. The first-order chi connectivity index (χ1) is 6.33. The maximum absolute atomic E-state index is 9.91. The zero-order chi connectivity index (χ0) is 9.52. The molecule has 0 aliphatic carbocycles. The van der Waals surface area contributed by atoms with Gasteiger partial charge in [0.2, 0.25) is 0 Å². The first-order valence-corrected chi connectivity index (χ1v) is 4.11. The fourth-order valence-electron chi connectivity index (χ4n) is 0.762. The van der Waals surface area contributed by atoms with Crippen LogP contribution in [0.15, 0.2) is 36.6 Å². The second kappa shape index (κ2) is 5.27. The van der Waals surface area contributed by atoms with Crippen molar-refractivity contribution in [2.75, 3.05) is 0 Å². The van der Waals surface area contributed by atoms with Crippen LogP contribution in [0.3, 0.4) is 0 Å². The molecule has 0 radical (unpaired) electrons. The quantitative estimate of drug-likeness (QED) is 0.320. The first-order valence-electron chi connectivity index (χ1n) is 3.73. The molecule has 1 rings (SSSR count). The molecule has 1 aromatic heterocycles. The number of hydrogen-bond acceptors (Lipinski definition) is 2. The number of aldehydes is 1. The average molecular weight is 194 g/mol. The molecule has 0 unspecified atom stereocenters. The van der Waals surface area contributed by atoms with Gasteiger partial charge in [0.15, 0.2) is 0 Å². The molecule has 0 bridgehead atoms. The summed E-state index contributed by atoms with van der Waals surface area (Å²) in [6, 6.07) is 3.56. The molecule has 0 aliphatic rings. The number of rotatable bonds is 3. The molecule has 0 spiro atoms. The number of nitrogens with zero attached hydrogens (tertiary/aromatic N) is 1. The zero-order valence-corrected chi connectivity index (χ0v) is 7.61. The van der Waals surface area contributed by atoms with E-state index in [0.29, 0.717) is 5.15 Å². The van der Waals surface area contributed by atoms with Gasteiger partial charge in [-0.1, -0.05) is 35.9 Å². The molecule has 1 heterocycles. The van der Waals surface area contributed by atoms with Gasteiger partial charge in [-0.05, 0) is 17.7 Å². The van der Waals surface area contributed by atoms with Crippen molar-refractivity contribution in [3.05, 3.63) is 47.3 Å². The van der Waals surface area contributed by atoms with Gasteiger partial charge in [0, 0.05) is 6.20 Å². The van der Waals surface area contributed by atoms with Crippen LogP contribution in [0.5, 0.6) is 0 Å². The molecule has 3 heteroatoms. The van der Waals surface area contributed by atoms with Crippen molar-refractivity contribution in [3.8, 4) is 0 Å². The molecule has 0 fully saturated rings. The van der Waals surface area contributed by atoms with E-state index in [4.69, 9.17) is 11.6 Å². The fraction of sp³-hybridized carbons (Fsp3) is 0. The maximum Gasteiger partial charge on any atom is 0.142 e. The van der Waals surface area contributed by atoms with E-state index in [-0.39, 0.29) is 0 Å². The van der Waals surface area contributed by atoms with E-state index in [1.165, 1.54) is 6.08 Å². The van der Waals surface area contributed by atoms with Gasteiger partial charge in [-0.15, -0.1) is 0 Å². The average Bonchev–Trinajstić information content (AvgIpc) is 2.15. The number of carbonyl (C=O) groups excluding carboxylic acids is 1. The number of carbonyl (C=O) groups is 1. The van der Waals surface area contributed by atoms with Crippen LogP contribution < -0.4 is 0 Å². The molecule has 66 valence electrons. The Balaban J connectivity index is 2.64. The lowest BCUT2D eigenvalue weighted by Crippen LogP contribution is -1.75. The number of allylic oxidation sites excluding steroid dienone is 3. The van der Waals surface area contributed by atoms with Crippen LogP contribution in [-0.2, 0) is 4.79 Å². The standard InChI is InChI=1S/C10H8ClNO/c11-10-6-5-9(8-12-10)4-2-1-3-7-13/h1-8H/b3-1+,4-2?. The maximum atomic E-state index is 9.91. The fourth-order valence-corrected chi connectivity index (χ4v) is 0.874. The molecule has 0 amide bonds. The van der Waals surface area contributed by atoms with Crippen molar-refractivity contribution < 1.29 is 4.79 Å². The van der Waals surface area contributed by atoms with Crippen LogP contribution in [0.2, 0.25) is 5.15 Å². The van der Waals surface area contributed by atoms with Crippen molar-refractivity contribution in [1.29, 1.82) is 0 Å². The van der Waals surface area contributed by atoms with Gasteiger partial charge in [-0.3, -0.25) is 4.79 Å². The van der Waals surface area contributed by atoms with Crippen molar-refractivity contribution in [1.82, 2.24) is 4.98 Å². The van der Waals surface area contributed by atoms with Crippen molar-refractivity contribution in [2.45, 2.75) is 0 Å². The van der Waals surface area contributed by atoms with Crippen LogP contribution in [0, 0.1) is 0 Å². The Morgan fingerprint density at radius 1 is 1.23 bits per heavy atom. The Morgan fingerprint density at radius 3 is 2.69 bits per heavy atom. The SMILES string of the molecule is O=C/C=C/C=Cc1ccc(Cl)nc1. The van der Waals surface area contributed by atoms with E-state index in [9.17, 15) is 4.79 Å². The third-order valence-electron chi connectivity index (χ3n) is 1.34. The lowest BCUT2D eigenvalue weighted by Gasteiger charge is -1.90. The minimum Gasteiger partial charge on any atom is -0.299 e. The molecule has 0 saturated carbocycles. The molecule has 1 aromatic rings. The summed E-state index contributed by atoms with van der Waals surface area (Å²) in [5, 5.41) is 0.473. The first kappa shape index (κ1) is 9.68. The Bertz CT molecular complexity index is 327. The summed E-state index contributed by atoms with van der Waals surface area (Å²) in [7, 11) is 0. The third kappa shape index (κ3) is 3.67. The molecule has 0 aromatic carbocycles.